The lowest BCUT2D eigenvalue weighted by Gasteiger charge is -2.04. The Morgan fingerprint density at radius 3 is 2.39 bits per heavy atom. The maximum Gasteiger partial charge on any atom is 0.123 e. The predicted molar refractivity (Wildman–Crippen MR) is 71.6 cm³/mol. The maximum atomic E-state index is 12.9. The summed E-state index contributed by atoms with van der Waals surface area (Å²) in [5.74, 6) is -0.236. The molecule has 3 aromatic rings. The molecular weight excluding hydrogens is 225 g/mol. The zero-order valence-electron chi connectivity index (χ0n) is 9.73. The van der Waals surface area contributed by atoms with E-state index in [1.165, 1.54) is 12.1 Å². The minimum atomic E-state index is -0.236. The number of nitrogens with zero attached hydrogens (tertiary/aromatic N) is 1. The Hall–Kier alpha value is -2.22. The van der Waals surface area contributed by atoms with Gasteiger partial charge in [0.05, 0.1) is 11.2 Å². The smallest absolute Gasteiger partial charge is 0.123 e. The lowest BCUT2D eigenvalue weighted by Crippen LogP contribution is -1.86. The number of aromatic nitrogens is 1. The highest BCUT2D eigenvalue weighted by molar-refractivity contribution is 5.82. The van der Waals surface area contributed by atoms with E-state index in [0.29, 0.717) is 0 Å². The lowest BCUT2D eigenvalue weighted by molar-refractivity contribution is 0.628. The fourth-order valence-corrected chi connectivity index (χ4v) is 1.94. The van der Waals surface area contributed by atoms with Crippen LogP contribution in [0, 0.1) is 12.7 Å². The standard InChI is InChI=1S/C16H11FN/c1-11-2-3-13-6-9-15(18-16(13)10-11)12-4-7-14(17)8-5-12/h2-10H,1H2. The van der Waals surface area contributed by atoms with Crippen molar-refractivity contribution in [3.63, 3.8) is 0 Å². The molecule has 1 heterocycles. The fourth-order valence-electron chi connectivity index (χ4n) is 1.94. The van der Waals surface area contributed by atoms with Crippen LogP contribution >= 0.6 is 0 Å². The van der Waals surface area contributed by atoms with E-state index in [0.717, 1.165) is 27.7 Å². The van der Waals surface area contributed by atoms with E-state index < -0.39 is 0 Å². The van der Waals surface area contributed by atoms with Crippen molar-refractivity contribution >= 4 is 10.9 Å². The van der Waals surface area contributed by atoms with Gasteiger partial charge in [-0.25, -0.2) is 9.37 Å². The highest BCUT2D eigenvalue weighted by Gasteiger charge is 2.02. The second-order valence-corrected chi connectivity index (χ2v) is 4.23. The predicted octanol–water partition coefficient (Wildman–Crippen LogP) is 4.22. The van der Waals surface area contributed by atoms with Crippen molar-refractivity contribution in [3.05, 3.63) is 72.9 Å². The third-order valence-corrected chi connectivity index (χ3v) is 2.90. The molecule has 0 amide bonds. The van der Waals surface area contributed by atoms with Gasteiger partial charge >= 0.3 is 0 Å². The lowest BCUT2D eigenvalue weighted by atomic mass is 10.1. The molecule has 0 saturated carbocycles. The van der Waals surface area contributed by atoms with Crippen LogP contribution in [0.1, 0.15) is 5.56 Å². The van der Waals surface area contributed by atoms with Crippen LogP contribution in [-0.4, -0.2) is 4.98 Å². The van der Waals surface area contributed by atoms with Crippen molar-refractivity contribution in [2.45, 2.75) is 0 Å². The van der Waals surface area contributed by atoms with Crippen molar-refractivity contribution in [1.29, 1.82) is 0 Å². The summed E-state index contributed by atoms with van der Waals surface area (Å²) in [5, 5.41) is 1.08. The van der Waals surface area contributed by atoms with Crippen LogP contribution in [0.25, 0.3) is 22.2 Å². The summed E-state index contributed by atoms with van der Waals surface area (Å²) in [6.45, 7) is 3.90. The first-order chi connectivity index (χ1) is 8.72. The maximum absolute atomic E-state index is 12.9. The van der Waals surface area contributed by atoms with Gasteiger partial charge in [0.1, 0.15) is 5.82 Å². The Bertz CT molecular complexity index is 702. The van der Waals surface area contributed by atoms with Crippen molar-refractivity contribution in [2.75, 3.05) is 0 Å². The van der Waals surface area contributed by atoms with Crippen LogP contribution in [-0.2, 0) is 0 Å². The molecule has 1 aromatic heterocycles. The Morgan fingerprint density at radius 1 is 0.889 bits per heavy atom. The minimum Gasteiger partial charge on any atom is -0.248 e. The monoisotopic (exact) mass is 236 g/mol. The molecule has 1 radical (unpaired) electrons. The highest BCUT2D eigenvalue weighted by atomic mass is 19.1. The summed E-state index contributed by atoms with van der Waals surface area (Å²) in [7, 11) is 0. The first kappa shape index (κ1) is 10.9. The number of fused-ring (bicyclic) bond motifs is 1. The van der Waals surface area contributed by atoms with E-state index in [4.69, 9.17) is 0 Å². The number of hydrogen-bond acceptors (Lipinski definition) is 1. The second-order valence-electron chi connectivity index (χ2n) is 4.23. The zero-order chi connectivity index (χ0) is 12.5. The van der Waals surface area contributed by atoms with Crippen LogP contribution in [0.15, 0.2) is 54.6 Å². The van der Waals surface area contributed by atoms with Gasteiger partial charge in [-0.05, 0) is 48.9 Å². The topological polar surface area (TPSA) is 12.9 Å². The normalized spacial score (nSPS) is 10.8. The van der Waals surface area contributed by atoms with Crippen molar-refractivity contribution in [2.24, 2.45) is 0 Å². The van der Waals surface area contributed by atoms with Crippen molar-refractivity contribution < 1.29 is 4.39 Å². The molecule has 0 aliphatic heterocycles. The Labute approximate surface area is 105 Å². The molecule has 0 spiro atoms. The number of pyridine rings is 1. The number of benzene rings is 2. The second kappa shape index (κ2) is 4.22. The zero-order valence-corrected chi connectivity index (χ0v) is 9.73. The van der Waals surface area contributed by atoms with Crippen molar-refractivity contribution in [1.82, 2.24) is 4.98 Å². The third-order valence-electron chi connectivity index (χ3n) is 2.90. The van der Waals surface area contributed by atoms with Gasteiger partial charge in [0.25, 0.3) is 0 Å². The summed E-state index contributed by atoms with van der Waals surface area (Å²) in [6, 6.07) is 16.2. The van der Waals surface area contributed by atoms with Crippen LogP contribution in [0.5, 0.6) is 0 Å². The molecule has 0 unspecified atom stereocenters. The molecule has 0 atom stereocenters. The molecule has 0 bridgehead atoms. The van der Waals surface area contributed by atoms with Crippen LogP contribution in [0.4, 0.5) is 4.39 Å². The minimum absolute atomic E-state index is 0.236. The molecule has 87 valence electrons. The number of rotatable bonds is 1. The van der Waals surface area contributed by atoms with E-state index in [9.17, 15) is 4.39 Å². The van der Waals surface area contributed by atoms with Gasteiger partial charge in [0.15, 0.2) is 0 Å². The van der Waals surface area contributed by atoms with Gasteiger partial charge in [0.2, 0.25) is 0 Å². The molecule has 1 nitrogen and oxygen atoms in total. The van der Waals surface area contributed by atoms with Gasteiger partial charge in [-0.2, -0.15) is 0 Å². The van der Waals surface area contributed by atoms with E-state index in [1.807, 2.05) is 30.3 Å². The molecular formula is C16H11FN. The van der Waals surface area contributed by atoms with E-state index in [-0.39, 0.29) is 5.82 Å². The summed E-state index contributed by atoms with van der Waals surface area (Å²) < 4.78 is 12.9. The number of halogens is 1. The SMILES string of the molecule is [CH2]c1ccc2ccc(-c3ccc(F)cc3)nc2c1. The molecule has 2 aromatic carbocycles. The van der Waals surface area contributed by atoms with E-state index >= 15 is 0 Å². The Kier molecular flexibility index (Phi) is 2.56. The van der Waals surface area contributed by atoms with E-state index in [2.05, 4.69) is 11.9 Å². The molecule has 0 fully saturated rings. The molecule has 18 heavy (non-hydrogen) atoms. The van der Waals surface area contributed by atoms with Crippen LogP contribution in [0.3, 0.4) is 0 Å². The Morgan fingerprint density at radius 2 is 1.61 bits per heavy atom. The van der Waals surface area contributed by atoms with Crippen LogP contribution in [0.2, 0.25) is 0 Å². The van der Waals surface area contributed by atoms with Gasteiger partial charge in [0, 0.05) is 10.9 Å². The first-order valence-electron chi connectivity index (χ1n) is 5.71. The quantitative estimate of drug-likeness (QED) is 0.616. The van der Waals surface area contributed by atoms with Gasteiger partial charge in [-0.3, -0.25) is 0 Å². The van der Waals surface area contributed by atoms with Crippen molar-refractivity contribution in [3.8, 4) is 11.3 Å². The molecule has 3 rings (SSSR count). The summed E-state index contributed by atoms with van der Waals surface area (Å²) in [5.41, 5.74) is 3.59. The summed E-state index contributed by atoms with van der Waals surface area (Å²) in [6.07, 6.45) is 0. The van der Waals surface area contributed by atoms with Gasteiger partial charge in [-0.1, -0.05) is 18.2 Å². The highest BCUT2D eigenvalue weighted by Crippen LogP contribution is 2.21. The number of hydrogen-bond donors (Lipinski definition) is 0. The van der Waals surface area contributed by atoms with Gasteiger partial charge < -0.3 is 0 Å². The third kappa shape index (κ3) is 1.97. The Balaban J connectivity index is 2.15. The molecule has 0 aliphatic carbocycles. The largest absolute Gasteiger partial charge is 0.248 e. The van der Waals surface area contributed by atoms with E-state index in [1.54, 1.807) is 12.1 Å². The summed E-state index contributed by atoms with van der Waals surface area (Å²) >= 11 is 0. The summed E-state index contributed by atoms with van der Waals surface area (Å²) in [4.78, 5) is 4.57. The molecule has 0 aliphatic rings. The van der Waals surface area contributed by atoms with Gasteiger partial charge in [-0.15, -0.1) is 0 Å². The molecule has 0 N–H and O–H groups in total. The molecule has 2 heteroatoms. The molecule has 0 saturated heterocycles. The fraction of sp³-hybridized carbons (Fsp3) is 0. The average Bonchev–Trinajstić information content (AvgIpc) is 2.38. The first-order valence-corrected chi connectivity index (χ1v) is 5.71. The van der Waals surface area contributed by atoms with Crippen LogP contribution < -0.4 is 0 Å². The average molecular weight is 236 g/mol.